The van der Waals surface area contributed by atoms with Gasteiger partial charge in [-0.1, -0.05) is 0 Å². The number of nitrogens with one attached hydrogen (secondary N) is 1. The fraction of sp³-hybridized carbons (Fsp3) is 0.300. The number of ether oxygens (including phenoxy) is 1. The normalized spacial score (nSPS) is 11.5. The summed E-state index contributed by atoms with van der Waals surface area (Å²) in [6, 6.07) is 1.40. The van der Waals surface area contributed by atoms with Crippen molar-refractivity contribution < 1.29 is 31.1 Å². The first-order valence-corrected chi connectivity index (χ1v) is 7.36. The first-order chi connectivity index (χ1) is 9.16. The number of rotatable bonds is 5. The van der Waals surface area contributed by atoms with Crippen LogP contribution in [-0.2, 0) is 9.05 Å². The van der Waals surface area contributed by atoms with Crippen molar-refractivity contribution in [1.29, 1.82) is 0 Å². The number of benzene rings is 1. The predicted octanol–water partition coefficient (Wildman–Crippen LogP) is 1.76. The summed E-state index contributed by atoms with van der Waals surface area (Å²) < 4.78 is 64.6. The molecule has 0 heterocycles. The Hall–Kier alpha value is -1.48. The fourth-order valence-corrected chi connectivity index (χ4v) is 2.36. The van der Waals surface area contributed by atoms with E-state index in [1.54, 1.807) is 0 Å². The van der Waals surface area contributed by atoms with Gasteiger partial charge in [0.25, 0.3) is 21.4 Å². The van der Waals surface area contributed by atoms with Crippen LogP contribution < -0.4 is 10.1 Å². The molecule has 1 aromatic rings. The second kappa shape index (κ2) is 6.31. The third-order valence-electron chi connectivity index (χ3n) is 2.16. The zero-order valence-electron chi connectivity index (χ0n) is 9.99. The molecule has 0 saturated carbocycles. The molecule has 0 aliphatic rings. The van der Waals surface area contributed by atoms with E-state index in [1.165, 1.54) is 0 Å². The number of hydrogen-bond donors (Lipinski definition) is 1. The van der Waals surface area contributed by atoms with Gasteiger partial charge in [-0.25, -0.2) is 21.6 Å². The minimum Gasteiger partial charge on any atom is -0.492 e. The van der Waals surface area contributed by atoms with Gasteiger partial charge in [-0.2, -0.15) is 0 Å². The number of methoxy groups -OCH3 is 1. The van der Waals surface area contributed by atoms with Gasteiger partial charge >= 0.3 is 0 Å². The minimum absolute atomic E-state index is 0.469. The van der Waals surface area contributed by atoms with Crippen LogP contribution in [0.4, 0.5) is 13.2 Å². The fourth-order valence-electron chi connectivity index (χ4n) is 1.35. The number of carbonyl (C=O) groups excluding carboxylic acids is 1. The van der Waals surface area contributed by atoms with Crippen molar-refractivity contribution in [2.45, 2.75) is 11.3 Å². The molecule has 0 aliphatic carbocycles. The van der Waals surface area contributed by atoms with E-state index in [0.717, 1.165) is 13.2 Å². The van der Waals surface area contributed by atoms with Crippen LogP contribution in [0.5, 0.6) is 5.75 Å². The largest absolute Gasteiger partial charge is 0.492 e. The van der Waals surface area contributed by atoms with Crippen LogP contribution >= 0.6 is 10.7 Å². The second-order valence-electron chi connectivity index (χ2n) is 3.53. The highest BCUT2D eigenvalue weighted by Gasteiger charge is 2.23. The smallest absolute Gasteiger partial charge is 0.265 e. The summed E-state index contributed by atoms with van der Waals surface area (Å²) in [5, 5.41) is 1.81. The van der Waals surface area contributed by atoms with Crippen molar-refractivity contribution in [3.63, 3.8) is 0 Å². The van der Waals surface area contributed by atoms with Crippen molar-refractivity contribution in [3.8, 4) is 5.75 Å². The highest BCUT2D eigenvalue weighted by atomic mass is 35.7. The number of alkyl halides is 2. The van der Waals surface area contributed by atoms with Gasteiger partial charge in [0.15, 0.2) is 11.6 Å². The maximum atomic E-state index is 13.6. The van der Waals surface area contributed by atoms with Crippen molar-refractivity contribution >= 4 is 25.6 Å². The molecule has 0 bridgehead atoms. The van der Waals surface area contributed by atoms with E-state index >= 15 is 0 Å². The molecule has 0 spiro atoms. The SMILES string of the molecule is COc1c(F)cc(C(=O)NCC(F)F)cc1S(=O)(=O)Cl. The Morgan fingerprint density at radius 3 is 2.50 bits per heavy atom. The molecule has 20 heavy (non-hydrogen) atoms. The molecule has 1 rings (SSSR count). The average molecular weight is 332 g/mol. The molecule has 0 fully saturated rings. The lowest BCUT2D eigenvalue weighted by molar-refractivity contribution is 0.0891. The third kappa shape index (κ3) is 4.01. The number of amides is 1. The van der Waals surface area contributed by atoms with Crippen LogP contribution in [0.15, 0.2) is 17.0 Å². The molecule has 0 unspecified atom stereocenters. The van der Waals surface area contributed by atoms with Crippen molar-refractivity contribution in [3.05, 3.63) is 23.5 Å². The third-order valence-corrected chi connectivity index (χ3v) is 3.48. The summed E-state index contributed by atoms with van der Waals surface area (Å²) in [5.74, 6) is -2.88. The first kappa shape index (κ1) is 16.6. The maximum Gasteiger partial charge on any atom is 0.265 e. The Balaban J connectivity index is 3.25. The zero-order valence-corrected chi connectivity index (χ0v) is 11.6. The molecule has 1 aromatic carbocycles. The van der Waals surface area contributed by atoms with Gasteiger partial charge in [-0.15, -0.1) is 0 Å². The number of halogens is 4. The molecule has 0 radical (unpaired) electrons. The molecule has 0 aliphatic heterocycles. The van der Waals surface area contributed by atoms with E-state index in [9.17, 15) is 26.4 Å². The molecule has 1 amide bonds. The molecule has 1 N–H and O–H groups in total. The van der Waals surface area contributed by atoms with Gasteiger partial charge in [0.1, 0.15) is 4.90 Å². The van der Waals surface area contributed by atoms with Crippen molar-refractivity contribution in [2.75, 3.05) is 13.7 Å². The van der Waals surface area contributed by atoms with Gasteiger partial charge in [0.05, 0.1) is 13.7 Å². The highest BCUT2D eigenvalue weighted by Crippen LogP contribution is 2.30. The van der Waals surface area contributed by atoms with E-state index in [0.29, 0.717) is 6.07 Å². The van der Waals surface area contributed by atoms with Gasteiger partial charge in [0, 0.05) is 16.2 Å². The van der Waals surface area contributed by atoms with Crippen molar-refractivity contribution in [1.82, 2.24) is 5.32 Å². The van der Waals surface area contributed by atoms with E-state index in [4.69, 9.17) is 10.7 Å². The summed E-state index contributed by atoms with van der Waals surface area (Å²) in [4.78, 5) is 10.7. The molecule has 0 atom stereocenters. The quantitative estimate of drug-likeness (QED) is 0.834. The zero-order chi connectivity index (χ0) is 15.5. The summed E-state index contributed by atoms with van der Waals surface area (Å²) in [7, 11) is 1.73. The number of hydrogen-bond acceptors (Lipinski definition) is 4. The van der Waals surface area contributed by atoms with Crippen molar-refractivity contribution in [2.24, 2.45) is 0 Å². The van der Waals surface area contributed by atoms with E-state index < -0.39 is 50.0 Å². The Morgan fingerprint density at radius 2 is 2.05 bits per heavy atom. The lowest BCUT2D eigenvalue weighted by atomic mass is 10.2. The number of carbonyl (C=O) groups is 1. The molecule has 0 aromatic heterocycles. The lowest BCUT2D eigenvalue weighted by Gasteiger charge is -2.10. The lowest BCUT2D eigenvalue weighted by Crippen LogP contribution is -2.28. The van der Waals surface area contributed by atoms with E-state index in [1.807, 2.05) is 5.32 Å². The van der Waals surface area contributed by atoms with E-state index in [-0.39, 0.29) is 0 Å². The summed E-state index contributed by atoms with van der Waals surface area (Å²) in [6.45, 7) is -0.949. The molecular weight excluding hydrogens is 323 g/mol. The molecule has 0 saturated heterocycles. The Kier molecular flexibility index (Phi) is 5.23. The van der Waals surface area contributed by atoms with E-state index in [2.05, 4.69) is 4.74 Å². The van der Waals surface area contributed by atoms with Crippen LogP contribution in [0.3, 0.4) is 0 Å². The van der Waals surface area contributed by atoms with Crippen LogP contribution in [0.25, 0.3) is 0 Å². The van der Waals surface area contributed by atoms with Gasteiger partial charge < -0.3 is 10.1 Å². The highest BCUT2D eigenvalue weighted by molar-refractivity contribution is 8.13. The van der Waals surface area contributed by atoms with Gasteiger partial charge in [-0.05, 0) is 12.1 Å². The standard InChI is InChI=1S/C10H9ClF3NO4S/c1-19-9-6(12)2-5(3-7(9)20(11,17)18)10(16)15-4-8(13)14/h2-3,8H,4H2,1H3,(H,15,16). The summed E-state index contributed by atoms with van der Waals surface area (Å²) in [6.07, 6.45) is -2.79. The first-order valence-electron chi connectivity index (χ1n) is 5.05. The topological polar surface area (TPSA) is 72.5 Å². The van der Waals surface area contributed by atoms with Crippen LogP contribution in [0.2, 0.25) is 0 Å². The molecule has 5 nitrogen and oxygen atoms in total. The Morgan fingerprint density at radius 1 is 1.45 bits per heavy atom. The summed E-state index contributed by atoms with van der Waals surface area (Å²) in [5.41, 5.74) is -0.469. The molecule has 112 valence electrons. The Labute approximate surface area is 117 Å². The van der Waals surface area contributed by atoms with Crippen LogP contribution in [0.1, 0.15) is 10.4 Å². The predicted molar refractivity (Wildman–Crippen MR) is 64.3 cm³/mol. The van der Waals surface area contributed by atoms with Crippen LogP contribution in [0, 0.1) is 5.82 Å². The monoisotopic (exact) mass is 331 g/mol. The van der Waals surface area contributed by atoms with Gasteiger partial charge in [-0.3, -0.25) is 4.79 Å². The second-order valence-corrected chi connectivity index (χ2v) is 6.06. The van der Waals surface area contributed by atoms with Gasteiger partial charge in [0.2, 0.25) is 0 Å². The molecule has 10 heteroatoms. The summed E-state index contributed by atoms with van der Waals surface area (Å²) >= 11 is 0. The average Bonchev–Trinajstić information content (AvgIpc) is 2.33. The maximum absolute atomic E-state index is 13.6. The minimum atomic E-state index is -4.38. The Bertz CT molecular complexity index is 621. The molecular formula is C10H9ClF3NO4S. The van der Waals surface area contributed by atoms with Crippen LogP contribution in [-0.4, -0.2) is 34.4 Å².